The molecule has 2 aromatic heterocycles. The number of aryl methyl sites for hydroxylation is 2. The highest BCUT2D eigenvalue weighted by atomic mass is 19.4. The molecule has 0 saturated heterocycles. The Hall–Kier alpha value is -3.23. The van der Waals surface area contributed by atoms with Crippen LogP contribution in [0.3, 0.4) is 0 Å². The van der Waals surface area contributed by atoms with Crippen LogP contribution in [0.1, 0.15) is 27.3 Å². The smallest absolute Gasteiger partial charge is 0.306 e. The lowest BCUT2D eigenvalue weighted by molar-refractivity contribution is -0.137. The standard InChI is InChI=1S/C17H14F3N5O/c1-10-7-11(2)25(24-10)15-8-14(21-9-22-15)23-16(26)12-3-5-13(6-4-12)17(18,19)20/h3-9H,1-2H3,(H,21,22,23,26). The fourth-order valence-corrected chi connectivity index (χ4v) is 2.39. The lowest BCUT2D eigenvalue weighted by Crippen LogP contribution is -2.14. The molecule has 1 aromatic carbocycles. The van der Waals surface area contributed by atoms with Gasteiger partial charge in [0.15, 0.2) is 5.82 Å². The first-order valence-corrected chi connectivity index (χ1v) is 7.58. The number of alkyl halides is 3. The summed E-state index contributed by atoms with van der Waals surface area (Å²) in [7, 11) is 0. The Kier molecular flexibility index (Phi) is 4.45. The van der Waals surface area contributed by atoms with Crippen molar-refractivity contribution in [3.63, 3.8) is 0 Å². The van der Waals surface area contributed by atoms with Crippen LogP contribution in [0, 0.1) is 13.8 Å². The Balaban J connectivity index is 1.80. The van der Waals surface area contributed by atoms with Crippen LogP contribution in [0.25, 0.3) is 5.82 Å². The van der Waals surface area contributed by atoms with Crippen molar-refractivity contribution in [3.8, 4) is 5.82 Å². The molecule has 0 radical (unpaired) electrons. The average molecular weight is 361 g/mol. The lowest BCUT2D eigenvalue weighted by Gasteiger charge is -2.09. The van der Waals surface area contributed by atoms with Gasteiger partial charge in [-0.1, -0.05) is 0 Å². The van der Waals surface area contributed by atoms with Gasteiger partial charge in [0.25, 0.3) is 5.91 Å². The van der Waals surface area contributed by atoms with Crippen LogP contribution >= 0.6 is 0 Å². The molecule has 0 spiro atoms. The molecule has 3 aromatic rings. The van der Waals surface area contributed by atoms with Gasteiger partial charge >= 0.3 is 6.18 Å². The molecule has 0 saturated carbocycles. The van der Waals surface area contributed by atoms with Gasteiger partial charge in [0, 0.05) is 17.3 Å². The fourth-order valence-electron chi connectivity index (χ4n) is 2.39. The number of anilines is 1. The van der Waals surface area contributed by atoms with E-state index in [4.69, 9.17) is 0 Å². The van der Waals surface area contributed by atoms with Crippen molar-refractivity contribution in [2.45, 2.75) is 20.0 Å². The van der Waals surface area contributed by atoms with Crippen LogP contribution in [-0.4, -0.2) is 25.7 Å². The molecule has 2 heterocycles. The molecule has 0 bridgehead atoms. The second kappa shape index (κ2) is 6.58. The zero-order chi connectivity index (χ0) is 18.9. The van der Waals surface area contributed by atoms with Crippen molar-refractivity contribution in [1.29, 1.82) is 0 Å². The highest BCUT2D eigenvalue weighted by Crippen LogP contribution is 2.29. The van der Waals surface area contributed by atoms with Gasteiger partial charge < -0.3 is 5.32 Å². The van der Waals surface area contributed by atoms with Crippen molar-refractivity contribution >= 4 is 11.7 Å². The predicted octanol–water partition coefficient (Wildman–Crippen LogP) is 3.55. The van der Waals surface area contributed by atoms with Crippen LogP contribution in [0.2, 0.25) is 0 Å². The quantitative estimate of drug-likeness (QED) is 0.774. The Labute approximate surface area is 146 Å². The van der Waals surface area contributed by atoms with Crippen LogP contribution in [0.4, 0.5) is 19.0 Å². The van der Waals surface area contributed by atoms with E-state index in [-0.39, 0.29) is 11.4 Å². The van der Waals surface area contributed by atoms with Crippen LogP contribution in [0.15, 0.2) is 42.7 Å². The maximum absolute atomic E-state index is 12.6. The molecule has 0 aliphatic rings. The summed E-state index contributed by atoms with van der Waals surface area (Å²) in [5.41, 5.74) is 0.949. The molecule has 0 aliphatic carbocycles. The number of nitrogens with one attached hydrogen (secondary N) is 1. The summed E-state index contributed by atoms with van der Waals surface area (Å²) in [6.07, 6.45) is -3.18. The molecule has 3 rings (SSSR count). The molecule has 0 atom stereocenters. The van der Waals surface area contributed by atoms with Crippen molar-refractivity contribution in [2.75, 3.05) is 5.32 Å². The summed E-state index contributed by atoms with van der Waals surface area (Å²) < 4.78 is 39.3. The maximum Gasteiger partial charge on any atom is 0.416 e. The van der Waals surface area contributed by atoms with E-state index in [0.717, 1.165) is 35.7 Å². The van der Waals surface area contributed by atoms with Crippen LogP contribution in [-0.2, 0) is 6.18 Å². The summed E-state index contributed by atoms with van der Waals surface area (Å²) in [6, 6.07) is 7.35. The second-order valence-electron chi connectivity index (χ2n) is 5.63. The van der Waals surface area contributed by atoms with Gasteiger partial charge in [-0.2, -0.15) is 18.3 Å². The van der Waals surface area contributed by atoms with E-state index >= 15 is 0 Å². The maximum atomic E-state index is 12.6. The average Bonchev–Trinajstić information content (AvgIpc) is 2.93. The van der Waals surface area contributed by atoms with Gasteiger partial charge in [0.2, 0.25) is 0 Å². The number of hydrogen-bond donors (Lipinski definition) is 1. The fraction of sp³-hybridized carbons (Fsp3) is 0.176. The van der Waals surface area contributed by atoms with E-state index in [9.17, 15) is 18.0 Å². The summed E-state index contributed by atoms with van der Waals surface area (Å²) in [6.45, 7) is 3.71. The summed E-state index contributed by atoms with van der Waals surface area (Å²) in [5, 5.41) is 6.84. The molecule has 1 N–H and O–H groups in total. The molecule has 0 fully saturated rings. The summed E-state index contributed by atoms with van der Waals surface area (Å²) in [4.78, 5) is 20.3. The van der Waals surface area contributed by atoms with Crippen LogP contribution < -0.4 is 5.32 Å². The minimum absolute atomic E-state index is 0.0873. The molecule has 9 heteroatoms. The molecule has 6 nitrogen and oxygen atoms in total. The van der Waals surface area contributed by atoms with Crippen molar-refractivity contribution < 1.29 is 18.0 Å². The van der Waals surface area contributed by atoms with E-state index in [1.807, 2.05) is 19.9 Å². The molecule has 134 valence electrons. The highest BCUT2D eigenvalue weighted by molar-refractivity contribution is 6.03. The Morgan fingerprint density at radius 2 is 1.77 bits per heavy atom. The zero-order valence-electron chi connectivity index (χ0n) is 13.9. The SMILES string of the molecule is Cc1cc(C)n(-c2cc(NC(=O)c3ccc(C(F)(F)F)cc3)ncn2)n1. The van der Waals surface area contributed by atoms with Crippen molar-refractivity contribution in [3.05, 3.63) is 65.2 Å². The van der Waals surface area contributed by atoms with E-state index < -0.39 is 17.6 Å². The normalized spacial score (nSPS) is 11.4. The van der Waals surface area contributed by atoms with E-state index in [0.29, 0.717) is 5.82 Å². The molecular formula is C17H14F3N5O. The number of rotatable bonds is 3. The van der Waals surface area contributed by atoms with Crippen LogP contribution in [0.5, 0.6) is 0 Å². The second-order valence-corrected chi connectivity index (χ2v) is 5.63. The third-order valence-electron chi connectivity index (χ3n) is 3.60. The van der Waals surface area contributed by atoms with E-state index in [1.165, 1.54) is 12.4 Å². The van der Waals surface area contributed by atoms with E-state index in [1.54, 1.807) is 4.68 Å². The predicted molar refractivity (Wildman–Crippen MR) is 88.0 cm³/mol. The van der Waals surface area contributed by atoms with Crippen molar-refractivity contribution in [2.24, 2.45) is 0 Å². The number of carbonyl (C=O) groups is 1. The minimum atomic E-state index is -4.45. The summed E-state index contributed by atoms with van der Waals surface area (Å²) in [5.74, 6) is 0.109. The van der Waals surface area contributed by atoms with Gasteiger partial charge in [-0.05, 0) is 44.2 Å². The number of halogens is 3. The van der Waals surface area contributed by atoms with E-state index in [2.05, 4.69) is 20.4 Å². The molecule has 1 amide bonds. The third kappa shape index (κ3) is 3.71. The number of benzene rings is 1. The monoisotopic (exact) mass is 361 g/mol. The van der Waals surface area contributed by atoms with Gasteiger partial charge in [-0.3, -0.25) is 4.79 Å². The van der Waals surface area contributed by atoms with Gasteiger partial charge in [0.1, 0.15) is 12.1 Å². The molecular weight excluding hydrogens is 347 g/mol. The molecule has 0 aliphatic heterocycles. The Morgan fingerprint density at radius 3 is 2.35 bits per heavy atom. The highest BCUT2D eigenvalue weighted by Gasteiger charge is 2.30. The largest absolute Gasteiger partial charge is 0.416 e. The number of amides is 1. The third-order valence-corrected chi connectivity index (χ3v) is 3.60. The van der Waals surface area contributed by atoms with Gasteiger partial charge in [-0.15, -0.1) is 0 Å². The molecule has 0 unspecified atom stereocenters. The number of aromatic nitrogens is 4. The topological polar surface area (TPSA) is 72.7 Å². The first kappa shape index (κ1) is 17.6. The van der Waals surface area contributed by atoms with Gasteiger partial charge in [0.05, 0.1) is 11.3 Å². The number of carbonyl (C=O) groups excluding carboxylic acids is 1. The summed E-state index contributed by atoms with van der Waals surface area (Å²) >= 11 is 0. The number of hydrogen-bond acceptors (Lipinski definition) is 4. The first-order valence-electron chi connectivity index (χ1n) is 7.58. The lowest BCUT2D eigenvalue weighted by atomic mass is 10.1. The van der Waals surface area contributed by atoms with Gasteiger partial charge in [-0.25, -0.2) is 14.6 Å². The minimum Gasteiger partial charge on any atom is -0.306 e. The number of nitrogens with zero attached hydrogens (tertiary/aromatic N) is 4. The van der Waals surface area contributed by atoms with Crippen molar-refractivity contribution in [1.82, 2.24) is 19.7 Å². The Bertz CT molecular complexity index is 948. The molecule has 26 heavy (non-hydrogen) atoms. The first-order chi connectivity index (χ1) is 12.2. The Morgan fingerprint density at radius 1 is 1.08 bits per heavy atom. The zero-order valence-corrected chi connectivity index (χ0v) is 13.9.